The van der Waals surface area contributed by atoms with Crippen molar-refractivity contribution in [2.24, 2.45) is 0 Å². The molecule has 0 aliphatic carbocycles. The van der Waals surface area contributed by atoms with Crippen LogP contribution >= 0.6 is 0 Å². The second-order valence-electron chi connectivity index (χ2n) is 16.2. The summed E-state index contributed by atoms with van der Waals surface area (Å²) in [6, 6.07) is 7.92. The number of ketones is 1. The standard InChI is InChI=1S/C23H30O5.C23H28O5/c2*1-14-12-15(2)20-17(13-14)9-7-11-19-21(28-23(4,5)27-19)18(24)10-6-8-16(3)26-22(20)25/h6-7,9-10,12-13,16,18-19,21,24H,8,11H2,1-5H3;6-7,9-10,12-13,16,19,21H,8,11H2,1-5H3/b2*9-7+,10-6-/t16-,18?,19-,21+;16-,19-,21+/m00/s1. The highest BCUT2D eigenvalue weighted by atomic mass is 16.8. The number of carbonyl (C=O) groups excluding carboxylic acids is 3. The van der Waals surface area contributed by atoms with Crippen molar-refractivity contribution in [2.75, 3.05) is 0 Å². The van der Waals surface area contributed by atoms with Crippen molar-refractivity contribution in [3.05, 3.63) is 105 Å². The molecule has 4 aliphatic heterocycles. The summed E-state index contributed by atoms with van der Waals surface area (Å²) >= 11 is 0. The summed E-state index contributed by atoms with van der Waals surface area (Å²) in [4.78, 5) is 38.1. The van der Waals surface area contributed by atoms with Crippen molar-refractivity contribution < 1.29 is 47.9 Å². The number of hydrogen-bond acceptors (Lipinski definition) is 10. The number of hydrogen-bond donors (Lipinski definition) is 1. The molecule has 302 valence electrons. The normalized spacial score (nSPS) is 31.3. The van der Waals surface area contributed by atoms with Crippen molar-refractivity contribution in [2.45, 2.75) is 149 Å². The second kappa shape index (κ2) is 17.9. The molecule has 1 N–H and O–H groups in total. The van der Waals surface area contributed by atoms with E-state index in [1.807, 2.05) is 124 Å². The van der Waals surface area contributed by atoms with E-state index in [0.29, 0.717) is 36.8 Å². The first-order valence-electron chi connectivity index (χ1n) is 19.6. The maximum absolute atomic E-state index is 12.8. The number of esters is 2. The van der Waals surface area contributed by atoms with E-state index in [0.717, 1.165) is 33.4 Å². The Balaban J connectivity index is 0.000000214. The molecule has 0 spiro atoms. The largest absolute Gasteiger partial charge is 0.459 e. The Labute approximate surface area is 331 Å². The number of aliphatic hydroxyl groups is 1. The van der Waals surface area contributed by atoms with Gasteiger partial charge in [0.1, 0.15) is 30.5 Å². The van der Waals surface area contributed by atoms with Crippen molar-refractivity contribution in [1.29, 1.82) is 0 Å². The summed E-state index contributed by atoms with van der Waals surface area (Å²) in [5.74, 6) is -2.36. The van der Waals surface area contributed by atoms with Crippen LogP contribution in [0.5, 0.6) is 0 Å². The zero-order chi connectivity index (χ0) is 40.9. The first-order chi connectivity index (χ1) is 26.3. The molecule has 4 aliphatic rings. The first kappa shape index (κ1) is 42.9. The minimum atomic E-state index is -0.807. The Bertz CT molecular complexity index is 1900. The summed E-state index contributed by atoms with van der Waals surface area (Å²) < 4.78 is 35.0. The number of carbonyl (C=O) groups is 3. The maximum atomic E-state index is 12.8. The summed E-state index contributed by atoms with van der Waals surface area (Å²) in [5, 5.41) is 10.6. The monoisotopic (exact) mass is 770 g/mol. The van der Waals surface area contributed by atoms with Crippen LogP contribution < -0.4 is 0 Å². The van der Waals surface area contributed by atoms with E-state index < -0.39 is 29.9 Å². The van der Waals surface area contributed by atoms with Gasteiger partial charge in [-0.1, -0.05) is 77.9 Å². The van der Waals surface area contributed by atoms with Gasteiger partial charge in [-0.2, -0.15) is 0 Å². The van der Waals surface area contributed by atoms with E-state index in [4.69, 9.17) is 28.4 Å². The topological polar surface area (TPSA) is 127 Å². The molecule has 1 unspecified atom stereocenters. The van der Waals surface area contributed by atoms with Crippen LogP contribution in [0.15, 0.2) is 60.7 Å². The lowest BCUT2D eigenvalue weighted by molar-refractivity contribution is -0.152. The van der Waals surface area contributed by atoms with E-state index in [-0.39, 0.29) is 42.1 Å². The molecule has 2 fully saturated rings. The van der Waals surface area contributed by atoms with Crippen LogP contribution in [0.4, 0.5) is 0 Å². The Kier molecular flexibility index (Phi) is 13.8. The summed E-state index contributed by atoms with van der Waals surface area (Å²) in [7, 11) is 0. The van der Waals surface area contributed by atoms with Crippen molar-refractivity contribution in [3.63, 3.8) is 0 Å². The Morgan fingerprint density at radius 2 is 1.05 bits per heavy atom. The van der Waals surface area contributed by atoms with Gasteiger partial charge in [0.2, 0.25) is 0 Å². The highest BCUT2D eigenvalue weighted by molar-refractivity contribution is 5.96. The van der Waals surface area contributed by atoms with Gasteiger partial charge < -0.3 is 33.5 Å². The molecule has 10 nitrogen and oxygen atoms in total. The predicted octanol–water partition coefficient (Wildman–Crippen LogP) is 8.39. The van der Waals surface area contributed by atoms with Gasteiger partial charge in [0.05, 0.1) is 23.3 Å². The molecular weight excluding hydrogens is 712 g/mol. The molecule has 56 heavy (non-hydrogen) atoms. The molecule has 0 bridgehead atoms. The SMILES string of the molecule is Cc1cc(C)c2c(c1)/C=C/C[C@@H]1OC(C)(C)O[C@@H]1C(=O)/C=C\C[C@H](C)OC2=O.Cc1cc(C)c2c(c1)/C=C/C[C@@H]1OC(C)(C)O[C@@H]1C(O)/C=C\C[C@H](C)OC2=O. The van der Waals surface area contributed by atoms with Gasteiger partial charge in [0.15, 0.2) is 17.4 Å². The second-order valence-corrected chi connectivity index (χ2v) is 16.2. The van der Waals surface area contributed by atoms with E-state index in [1.165, 1.54) is 6.08 Å². The fourth-order valence-corrected chi connectivity index (χ4v) is 7.63. The molecule has 10 heteroatoms. The number of rotatable bonds is 0. The minimum Gasteiger partial charge on any atom is -0.459 e. The maximum Gasteiger partial charge on any atom is 0.339 e. The van der Waals surface area contributed by atoms with Gasteiger partial charge in [-0.15, -0.1) is 0 Å². The number of aryl methyl sites for hydroxylation is 4. The highest BCUT2D eigenvalue weighted by Gasteiger charge is 2.44. The van der Waals surface area contributed by atoms with Crippen LogP contribution in [0.3, 0.4) is 0 Å². The van der Waals surface area contributed by atoms with Crippen LogP contribution in [-0.4, -0.2) is 77.1 Å². The Morgan fingerprint density at radius 3 is 1.61 bits per heavy atom. The fraction of sp³-hybridized carbons (Fsp3) is 0.500. The van der Waals surface area contributed by atoms with Gasteiger partial charge in [-0.3, -0.25) is 4.79 Å². The van der Waals surface area contributed by atoms with E-state index in [2.05, 4.69) is 0 Å². The zero-order valence-corrected chi connectivity index (χ0v) is 34.4. The van der Waals surface area contributed by atoms with Gasteiger partial charge in [-0.25, -0.2) is 9.59 Å². The van der Waals surface area contributed by atoms with E-state index in [1.54, 1.807) is 12.2 Å². The lowest BCUT2D eigenvalue weighted by Crippen LogP contribution is -2.34. The van der Waals surface area contributed by atoms with Crippen LogP contribution in [0, 0.1) is 27.7 Å². The highest BCUT2D eigenvalue weighted by Crippen LogP contribution is 2.34. The van der Waals surface area contributed by atoms with E-state index >= 15 is 0 Å². The molecule has 0 amide bonds. The summed E-state index contributed by atoms with van der Waals surface area (Å²) in [5.41, 5.74) is 6.74. The third-order valence-corrected chi connectivity index (χ3v) is 9.95. The van der Waals surface area contributed by atoms with Crippen LogP contribution in [-0.2, 0) is 33.2 Å². The number of benzene rings is 2. The summed E-state index contributed by atoms with van der Waals surface area (Å²) in [6.45, 7) is 18.8. The predicted molar refractivity (Wildman–Crippen MR) is 215 cm³/mol. The molecular formula is C46H58O10. The van der Waals surface area contributed by atoms with E-state index in [9.17, 15) is 19.5 Å². The fourth-order valence-electron chi connectivity index (χ4n) is 7.63. The quantitative estimate of drug-likeness (QED) is 0.206. The smallest absolute Gasteiger partial charge is 0.339 e. The van der Waals surface area contributed by atoms with Gasteiger partial charge >= 0.3 is 11.9 Å². The van der Waals surface area contributed by atoms with Gasteiger partial charge in [0.25, 0.3) is 0 Å². The Hall–Kier alpha value is -4.19. The van der Waals surface area contributed by atoms with Crippen LogP contribution in [0.2, 0.25) is 0 Å². The average Bonchev–Trinajstić information content (AvgIpc) is 3.56. The lowest BCUT2D eigenvalue weighted by Gasteiger charge is -2.20. The molecule has 4 heterocycles. The minimum absolute atomic E-state index is 0.133. The average molecular weight is 771 g/mol. The molecule has 0 saturated carbocycles. The van der Waals surface area contributed by atoms with Gasteiger partial charge in [-0.05, 0) is 110 Å². The molecule has 7 atom stereocenters. The molecule has 6 rings (SSSR count). The lowest BCUT2D eigenvalue weighted by atomic mass is 9.97. The third-order valence-electron chi connectivity index (χ3n) is 9.95. The number of aliphatic hydroxyl groups excluding tert-OH is 1. The third kappa shape index (κ3) is 11.0. The van der Waals surface area contributed by atoms with Crippen LogP contribution in [0.25, 0.3) is 12.2 Å². The van der Waals surface area contributed by atoms with Crippen LogP contribution in [0.1, 0.15) is 121 Å². The molecule has 0 aromatic heterocycles. The Morgan fingerprint density at radius 1 is 0.589 bits per heavy atom. The first-order valence-corrected chi connectivity index (χ1v) is 19.6. The number of fused-ring (bicyclic) bond motifs is 4. The van der Waals surface area contributed by atoms with Crippen molar-refractivity contribution >= 4 is 29.9 Å². The molecule has 2 aromatic rings. The molecule has 0 radical (unpaired) electrons. The number of cyclic esters (lactones) is 2. The van der Waals surface area contributed by atoms with Crippen molar-refractivity contribution in [3.8, 4) is 0 Å². The van der Waals surface area contributed by atoms with Gasteiger partial charge in [0, 0.05) is 12.8 Å². The summed E-state index contributed by atoms with van der Waals surface area (Å²) in [6.07, 6.45) is 13.4. The zero-order valence-electron chi connectivity index (χ0n) is 34.4. The van der Waals surface area contributed by atoms with Crippen molar-refractivity contribution in [1.82, 2.24) is 0 Å². The molecule has 2 aromatic carbocycles. The number of ether oxygens (including phenoxy) is 6. The molecule has 2 saturated heterocycles.